The van der Waals surface area contributed by atoms with Crippen LogP contribution in [0.3, 0.4) is 0 Å². The lowest BCUT2D eigenvalue weighted by Crippen LogP contribution is -1.93. The van der Waals surface area contributed by atoms with E-state index in [1.807, 2.05) is 6.07 Å². The Kier molecular flexibility index (Phi) is 1.54. The number of ether oxygens (including phenoxy) is 2. The fraction of sp³-hybridized carbons (Fsp3) is 0.182. The first-order valence-corrected chi connectivity index (χ1v) is 4.65. The third-order valence-electron chi connectivity index (χ3n) is 2.59. The van der Waals surface area contributed by atoms with Crippen LogP contribution in [0.25, 0.3) is 10.9 Å². The van der Waals surface area contributed by atoms with Crippen LogP contribution in [-0.2, 0) is 0 Å². The Hall–Kier alpha value is -1.97. The van der Waals surface area contributed by atoms with Crippen LogP contribution in [0.15, 0.2) is 18.3 Å². The van der Waals surface area contributed by atoms with Gasteiger partial charge in [0.2, 0.25) is 6.79 Å². The fourth-order valence-corrected chi connectivity index (χ4v) is 1.82. The monoisotopic (exact) mass is 203 g/mol. The lowest BCUT2D eigenvalue weighted by molar-refractivity contribution is 0.174. The van der Waals surface area contributed by atoms with Gasteiger partial charge in [-0.25, -0.2) is 0 Å². The highest BCUT2D eigenvalue weighted by molar-refractivity contribution is 5.94. The Labute approximate surface area is 86.1 Å². The molecule has 0 fully saturated rings. The number of aromatic nitrogens is 1. The Balaban J connectivity index is 2.52. The molecule has 0 saturated heterocycles. The van der Waals surface area contributed by atoms with Crippen LogP contribution in [0.1, 0.15) is 5.56 Å². The molecule has 1 aliphatic heterocycles. The summed E-state index contributed by atoms with van der Waals surface area (Å²) >= 11 is 0. The van der Waals surface area contributed by atoms with Gasteiger partial charge in [0.25, 0.3) is 0 Å². The van der Waals surface area contributed by atoms with Gasteiger partial charge in [-0.05, 0) is 19.1 Å². The number of pyridine rings is 1. The number of fused-ring (bicyclic) bond motifs is 3. The van der Waals surface area contributed by atoms with Crippen molar-refractivity contribution in [3.8, 4) is 17.2 Å². The molecule has 76 valence electrons. The average Bonchev–Trinajstić information content (AvgIpc) is 2.75. The lowest BCUT2D eigenvalue weighted by Gasteiger charge is -2.07. The molecule has 2 heterocycles. The van der Waals surface area contributed by atoms with Gasteiger partial charge < -0.3 is 14.6 Å². The molecule has 0 aliphatic carbocycles. The molecule has 3 rings (SSSR count). The van der Waals surface area contributed by atoms with Crippen molar-refractivity contribution in [1.29, 1.82) is 0 Å². The average molecular weight is 203 g/mol. The minimum atomic E-state index is 0.186. The number of rotatable bonds is 0. The smallest absolute Gasteiger partial charge is 0.231 e. The van der Waals surface area contributed by atoms with Crippen molar-refractivity contribution >= 4 is 10.9 Å². The molecule has 0 bridgehead atoms. The molecule has 1 aliphatic rings. The summed E-state index contributed by atoms with van der Waals surface area (Å²) in [5.74, 6) is 1.43. The third kappa shape index (κ3) is 0.986. The highest BCUT2D eigenvalue weighted by Crippen LogP contribution is 2.46. The van der Waals surface area contributed by atoms with Gasteiger partial charge in [0.15, 0.2) is 11.5 Å². The van der Waals surface area contributed by atoms with Crippen LogP contribution in [0.5, 0.6) is 17.2 Å². The van der Waals surface area contributed by atoms with E-state index in [4.69, 9.17) is 9.47 Å². The van der Waals surface area contributed by atoms with E-state index in [9.17, 15) is 5.11 Å². The number of benzene rings is 1. The van der Waals surface area contributed by atoms with E-state index in [-0.39, 0.29) is 12.5 Å². The lowest BCUT2D eigenvalue weighted by atomic mass is 10.1. The molecule has 2 aromatic rings. The van der Waals surface area contributed by atoms with E-state index in [1.165, 1.54) is 0 Å². The molecule has 0 radical (unpaired) electrons. The molecule has 0 unspecified atom stereocenters. The fourth-order valence-electron chi connectivity index (χ4n) is 1.82. The van der Waals surface area contributed by atoms with Gasteiger partial charge >= 0.3 is 0 Å². The first-order chi connectivity index (χ1) is 7.29. The van der Waals surface area contributed by atoms with Crippen molar-refractivity contribution < 1.29 is 14.6 Å². The molecular weight excluding hydrogens is 194 g/mol. The van der Waals surface area contributed by atoms with E-state index < -0.39 is 0 Å². The van der Waals surface area contributed by atoms with Gasteiger partial charge in [-0.15, -0.1) is 0 Å². The number of phenolic OH excluding ortho intramolecular Hbond substituents is 1. The number of phenols is 1. The molecule has 4 nitrogen and oxygen atoms in total. The minimum absolute atomic E-state index is 0.186. The van der Waals surface area contributed by atoms with Gasteiger partial charge in [-0.2, -0.15) is 0 Å². The predicted octanol–water partition coefficient (Wildman–Crippen LogP) is 1.98. The van der Waals surface area contributed by atoms with E-state index in [0.29, 0.717) is 28.0 Å². The number of aromatic hydroxyl groups is 1. The molecular formula is C11H9NO3. The van der Waals surface area contributed by atoms with E-state index in [1.54, 1.807) is 19.2 Å². The van der Waals surface area contributed by atoms with Crippen LogP contribution in [0, 0.1) is 6.92 Å². The van der Waals surface area contributed by atoms with Crippen LogP contribution in [0.2, 0.25) is 0 Å². The molecule has 0 saturated carbocycles. The van der Waals surface area contributed by atoms with Crippen LogP contribution in [-0.4, -0.2) is 16.9 Å². The Morgan fingerprint density at radius 3 is 3.00 bits per heavy atom. The zero-order chi connectivity index (χ0) is 10.4. The van der Waals surface area contributed by atoms with Crippen molar-refractivity contribution in [3.63, 3.8) is 0 Å². The summed E-state index contributed by atoms with van der Waals surface area (Å²) in [6.07, 6.45) is 1.67. The summed E-state index contributed by atoms with van der Waals surface area (Å²) in [5, 5.41) is 10.6. The number of hydrogen-bond donors (Lipinski definition) is 1. The second kappa shape index (κ2) is 2.76. The Morgan fingerprint density at radius 1 is 1.33 bits per heavy atom. The molecule has 1 aromatic carbocycles. The van der Waals surface area contributed by atoms with Crippen molar-refractivity contribution in [2.75, 3.05) is 6.79 Å². The zero-order valence-electron chi connectivity index (χ0n) is 8.15. The second-order valence-electron chi connectivity index (χ2n) is 3.44. The van der Waals surface area contributed by atoms with E-state index in [0.717, 1.165) is 0 Å². The summed E-state index contributed by atoms with van der Waals surface area (Å²) in [5.41, 5.74) is 1.34. The van der Waals surface area contributed by atoms with Crippen LogP contribution >= 0.6 is 0 Å². The SMILES string of the molecule is Cc1c2c(c3ncccc3c1O)OCO2. The molecule has 1 aromatic heterocycles. The first-order valence-electron chi connectivity index (χ1n) is 4.65. The number of hydrogen-bond acceptors (Lipinski definition) is 4. The largest absolute Gasteiger partial charge is 0.507 e. The molecule has 1 N–H and O–H groups in total. The van der Waals surface area contributed by atoms with Gasteiger partial charge in [0, 0.05) is 17.1 Å². The van der Waals surface area contributed by atoms with Crippen molar-refractivity contribution in [2.24, 2.45) is 0 Å². The molecule has 0 atom stereocenters. The van der Waals surface area contributed by atoms with Crippen LogP contribution in [0.4, 0.5) is 0 Å². The van der Waals surface area contributed by atoms with Gasteiger partial charge in [0.1, 0.15) is 11.3 Å². The summed E-state index contributed by atoms with van der Waals surface area (Å²) in [6, 6.07) is 3.59. The summed E-state index contributed by atoms with van der Waals surface area (Å²) in [7, 11) is 0. The van der Waals surface area contributed by atoms with Crippen molar-refractivity contribution in [1.82, 2.24) is 4.98 Å². The Bertz CT molecular complexity index is 551. The van der Waals surface area contributed by atoms with Gasteiger partial charge in [-0.3, -0.25) is 4.98 Å². The standard InChI is InChI=1S/C11H9NO3/c1-6-9(13)7-3-2-4-12-8(7)11-10(6)14-5-15-11/h2-4,13H,5H2,1H3. The molecule has 15 heavy (non-hydrogen) atoms. The molecule has 0 spiro atoms. The normalized spacial score (nSPS) is 13.4. The van der Waals surface area contributed by atoms with E-state index >= 15 is 0 Å². The topological polar surface area (TPSA) is 51.6 Å². The maximum absolute atomic E-state index is 9.95. The summed E-state index contributed by atoms with van der Waals surface area (Å²) < 4.78 is 10.6. The van der Waals surface area contributed by atoms with Gasteiger partial charge in [0.05, 0.1) is 0 Å². The molecule has 0 amide bonds. The van der Waals surface area contributed by atoms with Gasteiger partial charge in [-0.1, -0.05) is 0 Å². The van der Waals surface area contributed by atoms with Crippen LogP contribution < -0.4 is 9.47 Å². The second-order valence-corrected chi connectivity index (χ2v) is 3.44. The maximum Gasteiger partial charge on any atom is 0.231 e. The number of nitrogens with zero attached hydrogens (tertiary/aromatic N) is 1. The highest BCUT2D eigenvalue weighted by atomic mass is 16.7. The minimum Gasteiger partial charge on any atom is -0.507 e. The Morgan fingerprint density at radius 2 is 2.13 bits per heavy atom. The highest BCUT2D eigenvalue weighted by Gasteiger charge is 2.23. The summed E-state index contributed by atoms with van der Waals surface area (Å²) in [4.78, 5) is 4.19. The summed E-state index contributed by atoms with van der Waals surface area (Å²) in [6.45, 7) is 1.99. The zero-order valence-corrected chi connectivity index (χ0v) is 8.15. The first kappa shape index (κ1) is 8.35. The van der Waals surface area contributed by atoms with Crippen molar-refractivity contribution in [2.45, 2.75) is 6.92 Å². The quantitative estimate of drug-likeness (QED) is 0.711. The maximum atomic E-state index is 9.95. The van der Waals surface area contributed by atoms with E-state index in [2.05, 4.69) is 4.98 Å². The van der Waals surface area contributed by atoms with Crippen molar-refractivity contribution in [3.05, 3.63) is 23.9 Å². The third-order valence-corrected chi connectivity index (χ3v) is 2.59. The predicted molar refractivity (Wildman–Crippen MR) is 54.3 cm³/mol. The molecule has 4 heteroatoms.